The van der Waals surface area contributed by atoms with Gasteiger partial charge >= 0.3 is 0 Å². The molecule has 0 aromatic carbocycles. The van der Waals surface area contributed by atoms with E-state index in [-0.39, 0.29) is 29.3 Å². The Morgan fingerprint density at radius 2 is 2.14 bits per heavy atom. The number of likely N-dealkylation sites (tertiary alicyclic amines) is 1. The third kappa shape index (κ3) is 3.57. The molecule has 1 aliphatic heterocycles. The number of carbonyl (C=O) groups is 2. The predicted octanol–water partition coefficient (Wildman–Crippen LogP) is 1.41. The van der Waals surface area contributed by atoms with Crippen LogP contribution in [-0.2, 0) is 9.59 Å². The van der Waals surface area contributed by atoms with Gasteiger partial charge in [0.25, 0.3) is 0 Å². The first-order valence-electron chi connectivity index (χ1n) is 8.33. The summed E-state index contributed by atoms with van der Waals surface area (Å²) in [6.07, 6.45) is 6.57. The number of nitrogens with one attached hydrogen (secondary N) is 1. The highest BCUT2D eigenvalue weighted by molar-refractivity contribution is 5.89. The highest BCUT2D eigenvalue weighted by Crippen LogP contribution is 2.30. The van der Waals surface area contributed by atoms with Gasteiger partial charge in [-0.05, 0) is 26.2 Å². The lowest BCUT2D eigenvalue weighted by molar-refractivity contribution is -0.130. The van der Waals surface area contributed by atoms with E-state index in [1.165, 1.54) is 0 Å². The molecule has 2 aliphatic rings. The van der Waals surface area contributed by atoms with E-state index in [4.69, 9.17) is 5.73 Å². The van der Waals surface area contributed by atoms with Gasteiger partial charge in [0.1, 0.15) is 0 Å². The third-order valence-electron chi connectivity index (χ3n) is 5.11. The fraction of sp³-hybridized carbons (Fsp3) is 0.875. The molecule has 2 amide bonds. The van der Waals surface area contributed by atoms with Crippen LogP contribution in [0.15, 0.2) is 0 Å². The Morgan fingerprint density at radius 1 is 1.48 bits per heavy atom. The number of nitrogens with two attached hydrogens (primary N) is 1. The van der Waals surface area contributed by atoms with Gasteiger partial charge in [-0.2, -0.15) is 0 Å². The molecule has 1 saturated carbocycles. The molecule has 0 aromatic heterocycles. The first-order valence-corrected chi connectivity index (χ1v) is 8.33. The van der Waals surface area contributed by atoms with Crippen molar-refractivity contribution < 1.29 is 9.59 Å². The molecule has 2 rings (SSSR count). The standard InChI is InChI=1S/C16H29N3O2/c1-3-6-12(2)19-10-13(9-14(19)20)15(21)18-16(11-17)7-4-5-8-16/h12-13H,3-11,17H2,1-2H3,(H,18,21). The van der Waals surface area contributed by atoms with E-state index in [2.05, 4.69) is 19.2 Å². The summed E-state index contributed by atoms with van der Waals surface area (Å²) in [6, 6.07) is 0.232. The van der Waals surface area contributed by atoms with Gasteiger partial charge in [-0.1, -0.05) is 26.2 Å². The van der Waals surface area contributed by atoms with Crippen molar-refractivity contribution in [3.63, 3.8) is 0 Å². The van der Waals surface area contributed by atoms with Crippen LogP contribution in [0.2, 0.25) is 0 Å². The lowest BCUT2D eigenvalue weighted by Gasteiger charge is -2.30. The van der Waals surface area contributed by atoms with Crippen molar-refractivity contribution in [3.05, 3.63) is 0 Å². The van der Waals surface area contributed by atoms with Gasteiger partial charge in [0.2, 0.25) is 11.8 Å². The van der Waals surface area contributed by atoms with Gasteiger partial charge in [-0.25, -0.2) is 0 Å². The largest absolute Gasteiger partial charge is 0.349 e. The van der Waals surface area contributed by atoms with E-state index < -0.39 is 0 Å². The fourth-order valence-electron chi connectivity index (χ4n) is 3.70. The summed E-state index contributed by atoms with van der Waals surface area (Å²) in [6.45, 7) is 5.24. The van der Waals surface area contributed by atoms with Gasteiger partial charge < -0.3 is 16.0 Å². The molecule has 1 saturated heterocycles. The average molecular weight is 295 g/mol. The van der Waals surface area contributed by atoms with Crippen LogP contribution in [0.1, 0.15) is 58.8 Å². The molecule has 0 radical (unpaired) electrons. The van der Waals surface area contributed by atoms with Crippen LogP contribution in [0.3, 0.4) is 0 Å². The summed E-state index contributed by atoms with van der Waals surface area (Å²) >= 11 is 0. The highest BCUT2D eigenvalue weighted by atomic mass is 16.2. The topological polar surface area (TPSA) is 75.4 Å². The predicted molar refractivity (Wildman–Crippen MR) is 82.6 cm³/mol. The number of hydrogen-bond donors (Lipinski definition) is 2. The molecule has 0 bridgehead atoms. The molecule has 5 heteroatoms. The van der Waals surface area contributed by atoms with Crippen molar-refractivity contribution >= 4 is 11.8 Å². The number of rotatable bonds is 6. The minimum absolute atomic E-state index is 0.0156. The van der Waals surface area contributed by atoms with Crippen molar-refractivity contribution in [2.24, 2.45) is 11.7 Å². The van der Waals surface area contributed by atoms with E-state index in [0.29, 0.717) is 19.5 Å². The van der Waals surface area contributed by atoms with Crippen LogP contribution in [0, 0.1) is 5.92 Å². The van der Waals surface area contributed by atoms with Crippen molar-refractivity contribution in [1.29, 1.82) is 0 Å². The van der Waals surface area contributed by atoms with Gasteiger partial charge in [-0.3, -0.25) is 9.59 Å². The minimum atomic E-state index is -0.220. The minimum Gasteiger partial charge on any atom is -0.349 e. The number of carbonyl (C=O) groups excluding carboxylic acids is 2. The third-order valence-corrected chi connectivity index (χ3v) is 5.11. The first-order chi connectivity index (χ1) is 10.0. The Labute approximate surface area is 127 Å². The summed E-state index contributed by atoms with van der Waals surface area (Å²) in [5, 5.41) is 3.15. The van der Waals surface area contributed by atoms with Crippen molar-refractivity contribution in [1.82, 2.24) is 10.2 Å². The summed E-state index contributed by atoms with van der Waals surface area (Å²) in [5.41, 5.74) is 5.65. The Kier molecular flexibility index (Phi) is 5.25. The van der Waals surface area contributed by atoms with Crippen molar-refractivity contribution in [2.75, 3.05) is 13.1 Å². The molecule has 0 aromatic rings. The quantitative estimate of drug-likeness (QED) is 0.778. The van der Waals surface area contributed by atoms with E-state index in [1.54, 1.807) is 0 Å². The molecular weight excluding hydrogens is 266 g/mol. The summed E-state index contributed by atoms with van der Waals surface area (Å²) in [4.78, 5) is 26.5. The Bertz CT molecular complexity index is 391. The van der Waals surface area contributed by atoms with E-state index >= 15 is 0 Å². The fourth-order valence-corrected chi connectivity index (χ4v) is 3.70. The van der Waals surface area contributed by atoms with Crippen LogP contribution < -0.4 is 11.1 Å². The molecule has 0 spiro atoms. The van der Waals surface area contributed by atoms with Gasteiger partial charge in [0.15, 0.2) is 0 Å². The van der Waals surface area contributed by atoms with Crippen molar-refractivity contribution in [2.45, 2.75) is 70.4 Å². The lowest BCUT2D eigenvalue weighted by atomic mass is 9.96. The molecule has 5 nitrogen and oxygen atoms in total. The second-order valence-corrected chi connectivity index (χ2v) is 6.77. The highest BCUT2D eigenvalue weighted by Gasteiger charge is 2.40. The van der Waals surface area contributed by atoms with Crippen LogP contribution in [0.5, 0.6) is 0 Å². The monoisotopic (exact) mass is 295 g/mol. The maximum absolute atomic E-state index is 12.5. The first kappa shape index (κ1) is 16.3. The molecule has 21 heavy (non-hydrogen) atoms. The van der Waals surface area contributed by atoms with Gasteiger partial charge in [0.05, 0.1) is 11.5 Å². The zero-order valence-corrected chi connectivity index (χ0v) is 13.4. The van der Waals surface area contributed by atoms with Crippen LogP contribution in [0.4, 0.5) is 0 Å². The number of hydrogen-bond acceptors (Lipinski definition) is 3. The maximum Gasteiger partial charge on any atom is 0.225 e. The smallest absolute Gasteiger partial charge is 0.225 e. The van der Waals surface area contributed by atoms with Crippen LogP contribution >= 0.6 is 0 Å². The molecular formula is C16H29N3O2. The normalized spacial score (nSPS) is 26.1. The molecule has 1 aliphatic carbocycles. The molecule has 2 unspecified atom stereocenters. The second-order valence-electron chi connectivity index (χ2n) is 6.77. The SMILES string of the molecule is CCCC(C)N1CC(C(=O)NC2(CN)CCCC2)CC1=O. The molecule has 2 fully saturated rings. The average Bonchev–Trinajstić information content (AvgIpc) is 3.06. The Hall–Kier alpha value is -1.10. The van der Waals surface area contributed by atoms with E-state index in [9.17, 15) is 9.59 Å². The number of nitrogens with zero attached hydrogens (tertiary/aromatic N) is 1. The van der Waals surface area contributed by atoms with Crippen LogP contribution in [-0.4, -0.2) is 41.4 Å². The maximum atomic E-state index is 12.5. The van der Waals surface area contributed by atoms with E-state index in [0.717, 1.165) is 38.5 Å². The molecule has 120 valence electrons. The molecule has 2 atom stereocenters. The molecule has 3 N–H and O–H groups in total. The summed E-state index contributed by atoms with van der Waals surface area (Å²) < 4.78 is 0. The van der Waals surface area contributed by atoms with Gasteiger partial charge in [0, 0.05) is 25.6 Å². The van der Waals surface area contributed by atoms with E-state index in [1.807, 2.05) is 4.90 Å². The number of amides is 2. The Balaban J connectivity index is 1.93. The zero-order chi connectivity index (χ0) is 15.5. The molecule has 1 heterocycles. The Morgan fingerprint density at radius 3 is 2.71 bits per heavy atom. The second kappa shape index (κ2) is 6.77. The lowest BCUT2D eigenvalue weighted by Crippen LogP contribution is -2.53. The van der Waals surface area contributed by atoms with Crippen molar-refractivity contribution in [3.8, 4) is 0 Å². The van der Waals surface area contributed by atoms with Gasteiger partial charge in [-0.15, -0.1) is 0 Å². The van der Waals surface area contributed by atoms with Crippen LogP contribution in [0.25, 0.3) is 0 Å². The summed E-state index contributed by atoms with van der Waals surface area (Å²) in [7, 11) is 0. The summed E-state index contributed by atoms with van der Waals surface area (Å²) in [5.74, 6) is -0.0768. The zero-order valence-electron chi connectivity index (χ0n) is 13.4.